The van der Waals surface area contributed by atoms with Gasteiger partial charge in [-0.1, -0.05) is 36.4 Å². The summed E-state index contributed by atoms with van der Waals surface area (Å²) in [6.45, 7) is 3.24. The van der Waals surface area contributed by atoms with Crippen LogP contribution in [0.15, 0.2) is 42.5 Å². The van der Waals surface area contributed by atoms with E-state index < -0.39 is 0 Å². The maximum atomic E-state index is 12.1. The second-order valence-corrected chi connectivity index (χ2v) is 6.70. The van der Waals surface area contributed by atoms with Crippen molar-refractivity contribution in [3.05, 3.63) is 64.7 Å². The van der Waals surface area contributed by atoms with Gasteiger partial charge in [0.05, 0.1) is 19.3 Å². The molecular weight excluding hydrogens is 328 g/mol. The van der Waals surface area contributed by atoms with Gasteiger partial charge >= 0.3 is 6.03 Å². The number of urea groups is 1. The van der Waals surface area contributed by atoms with Gasteiger partial charge in [0.2, 0.25) is 0 Å². The molecule has 2 aromatic rings. The smallest absolute Gasteiger partial charge is 0.315 e. The van der Waals surface area contributed by atoms with Gasteiger partial charge in [0.25, 0.3) is 0 Å². The SMILES string of the molecule is Cc1ccccc1C[C@@H](CO)NC(=O)NCCc1ccc2c(c1)CCO2. The third-order valence-corrected chi connectivity index (χ3v) is 4.74. The lowest BCUT2D eigenvalue weighted by atomic mass is 10.0. The highest BCUT2D eigenvalue weighted by atomic mass is 16.5. The molecule has 5 nitrogen and oxygen atoms in total. The Hall–Kier alpha value is -2.53. The predicted octanol–water partition coefficient (Wildman–Crippen LogP) is 2.38. The summed E-state index contributed by atoms with van der Waals surface area (Å²) in [5, 5.41) is 15.3. The number of rotatable bonds is 7. The van der Waals surface area contributed by atoms with Gasteiger partial charge in [-0.2, -0.15) is 0 Å². The molecule has 3 rings (SSSR count). The Morgan fingerprint density at radius 3 is 2.92 bits per heavy atom. The van der Waals surface area contributed by atoms with E-state index in [0.29, 0.717) is 13.0 Å². The molecule has 0 saturated heterocycles. The average molecular weight is 354 g/mol. The zero-order valence-electron chi connectivity index (χ0n) is 15.1. The summed E-state index contributed by atoms with van der Waals surface area (Å²) in [4.78, 5) is 12.1. The lowest BCUT2D eigenvalue weighted by Gasteiger charge is -2.18. The van der Waals surface area contributed by atoms with Crippen molar-refractivity contribution in [2.24, 2.45) is 0 Å². The minimum atomic E-state index is -0.298. The van der Waals surface area contributed by atoms with E-state index in [2.05, 4.69) is 16.7 Å². The van der Waals surface area contributed by atoms with Crippen molar-refractivity contribution in [1.82, 2.24) is 10.6 Å². The standard InChI is InChI=1S/C21H26N2O3/c1-15-4-2-3-5-17(15)13-19(14-24)23-21(25)22-10-8-16-6-7-20-18(12-16)9-11-26-20/h2-7,12,19,24H,8-11,13-14H2,1H3,(H2,22,23,25)/t19-/m0/s1. The summed E-state index contributed by atoms with van der Waals surface area (Å²) in [5.41, 5.74) is 4.72. The number of carbonyl (C=O) groups is 1. The van der Waals surface area contributed by atoms with Crippen LogP contribution in [0.4, 0.5) is 4.79 Å². The van der Waals surface area contributed by atoms with Crippen molar-refractivity contribution in [2.45, 2.75) is 32.2 Å². The second-order valence-electron chi connectivity index (χ2n) is 6.70. The largest absolute Gasteiger partial charge is 0.493 e. The van der Waals surface area contributed by atoms with Crippen LogP contribution >= 0.6 is 0 Å². The van der Waals surface area contributed by atoms with Gasteiger partial charge in [-0.25, -0.2) is 4.79 Å². The molecule has 0 radical (unpaired) electrons. The highest BCUT2D eigenvalue weighted by Crippen LogP contribution is 2.25. The van der Waals surface area contributed by atoms with Gasteiger partial charge in [0.15, 0.2) is 0 Å². The van der Waals surface area contributed by atoms with Crippen LogP contribution in [0, 0.1) is 6.92 Å². The molecule has 1 aliphatic rings. The molecule has 1 heterocycles. The van der Waals surface area contributed by atoms with E-state index in [1.165, 1.54) is 11.1 Å². The number of amides is 2. The fourth-order valence-electron chi connectivity index (χ4n) is 3.22. The number of ether oxygens (including phenoxy) is 1. The quantitative estimate of drug-likeness (QED) is 0.715. The summed E-state index contributed by atoms with van der Waals surface area (Å²) in [6.07, 6.45) is 2.33. The molecule has 138 valence electrons. The molecule has 0 bridgehead atoms. The summed E-state index contributed by atoms with van der Waals surface area (Å²) < 4.78 is 5.51. The molecule has 0 aromatic heterocycles. The molecule has 5 heteroatoms. The molecule has 0 aliphatic carbocycles. The molecule has 0 fully saturated rings. The maximum Gasteiger partial charge on any atom is 0.315 e. The summed E-state index contributed by atoms with van der Waals surface area (Å²) >= 11 is 0. The highest BCUT2D eigenvalue weighted by Gasteiger charge is 2.14. The van der Waals surface area contributed by atoms with Gasteiger partial charge in [0, 0.05) is 13.0 Å². The fourth-order valence-corrected chi connectivity index (χ4v) is 3.22. The number of hydrogen-bond acceptors (Lipinski definition) is 3. The zero-order valence-corrected chi connectivity index (χ0v) is 15.1. The number of aliphatic hydroxyl groups is 1. The van der Waals surface area contributed by atoms with Crippen LogP contribution in [0.25, 0.3) is 0 Å². The van der Waals surface area contributed by atoms with E-state index in [9.17, 15) is 9.90 Å². The third-order valence-electron chi connectivity index (χ3n) is 4.74. The van der Waals surface area contributed by atoms with Gasteiger partial charge in [-0.15, -0.1) is 0 Å². The average Bonchev–Trinajstić information content (AvgIpc) is 3.10. The van der Waals surface area contributed by atoms with Crippen molar-refractivity contribution in [3.8, 4) is 5.75 Å². The number of aliphatic hydroxyl groups excluding tert-OH is 1. The van der Waals surface area contributed by atoms with Crippen molar-refractivity contribution < 1.29 is 14.6 Å². The normalized spacial score (nSPS) is 13.6. The van der Waals surface area contributed by atoms with Crippen molar-refractivity contribution in [1.29, 1.82) is 0 Å². The predicted molar refractivity (Wildman–Crippen MR) is 102 cm³/mol. The number of fused-ring (bicyclic) bond motifs is 1. The van der Waals surface area contributed by atoms with Gasteiger partial charge in [-0.05, 0) is 48.1 Å². The number of aryl methyl sites for hydroxylation is 1. The molecular formula is C21H26N2O3. The third kappa shape index (κ3) is 4.76. The minimum absolute atomic E-state index is 0.0907. The van der Waals surface area contributed by atoms with Crippen LogP contribution in [-0.2, 0) is 19.3 Å². The highest BCUT2D eigenvalue weighted by molar-refractivity contribution is 5.74. The van der Waals surface area contributed by atoms with Gasteiger partial charge in [0.1, 0.15) is 5.75 Å². The van der Waals surface area contributed by atoms with Crippen LogP contribution in [0.3, 0.4) is 0 Å². The molecule has 0 unspecified atom stereocenters. The second kappa shape index (κ2) is 8.72. The van der Waals surface area contributed by atoms with E-state index >= 15 is 0 Å². The number of benzene rings is 2. The van der Waals surface area contributed by atoms with Gasteiger partial charge < -0.3 is 20.5 Å². The Kier molecular flexibility index (Phi) is 6.12. The Bertz CT molecular complexity index is 761. The molecule has 0 spiro atoms. The number of nitrogens with one attached hydrogen (secondary N) is 2. The maximum absolute atomic E-state index is 12.1. The van der Waals surface area contributed by atoms with E-state index in [4.69, 9.17) is 4.74 Å². The first kappa shape index (κ1) is 18.3. The van der Waals surface area contributed by atoms with E-state index in [-0.39, 0.29) is 18.7 Å². The lowest BCUT2D eigenvalue weighted by molar-refractivity contribution is 0.216. The summed E-state index contributed by atoms with van der Waals surface area (Å²) in [7, 11) is 0. The molecule has 1 atom stereocenters. The first-order chi connectivity index (χ1) is 12.7. The van der Waals surface area contributed by atoms with E-state index in [1.807, 2.05) is 43.3 Å². The monoisotopic (exact) mass is 354 g/mol. The van der Waals surface area contributed by atoms with Crippen LogP contribution in [0.2, 0.25) is 0 Å². The van der Waals surface area contributed by atoms with Crippen LogP contribution in [0.1, 0.15) is 22.3 Å². The summed E-state index contributed by atoms with van der Waals surface area (Å²) in [5.74, 6) is 0.974. The zero-order chi connectivity index (χ0) is 18.4. The Morgan fingerprint density at radius 1 is 1.27 bits per heavy atom. The van der Waals surface area contributed by atoms with Crippen LogP contribution in [-0.4, -0.2) is 36.9 Å². The minimum Gasteiger partial charge on any atom is -0.493 e. The first-order valence-electron chi connectivity index (χ1n) is 9.10. The lowest BCUT2D eigenvalue weighted by Crippen LogP contribution is -2.45. The Balaban J connectivity index is 1.45. The molecule has 26 heavy (non-hydrogen) atoms. The first-order valence-corrected chi connectivity index (χ1v) is 9.10. The molecule has 2 aromatic carbocycles. The number of carbonyl (C=O) groups excluding carboxylic acids is 1. The van der Waals surface area contributed by atoms with Crippen molar-refractivity contribution in [2.75, 3.05) is 19.8 Å². The molecule has 0 saturated carbocycles. The van der Waals surface area contributed by atoms with Crippen LogP contribution in [0.5, 0.6) is 5.75 Å². The molecule has 1 aliphatic heterocycles. The molecule has 2 amide bonds. The fraction of sp³-hybridized carbons (Fsp3) is 0.381. The van der Waals surface area contributed by atoms with Crippen molar-refractivity contribution >= 4 is 6.03 Å². The molecule has 3 N–H and O–H groups in total. The van der Waals surface area contributed by atoms with E-state index in [0.717, 1.165) is 36.3 Å². The summed E-state index contributed by atoms with van der Waals surface area (Å²) in [6, 6.07) is 13.7. The van der Waals surface area contributed by atoms with Gasteiger partial charge in [-0.3, -0.25) is 0 Å². The van der Waals surface area contributed by atoms with Crippen molar-refractivity contribution in [3.63, 3.8) is 0 Å². The Morgan fingerprint density at radius 2 is 2.12 bits per heavy atom. The Labute approximate surface area is 154 Å². The van der Waals surface area contributed by atoms with Crippen LogP contribution < -0.4 is 15.4 Å². The van der Waals surface area contributed by atoms with E-state index in [1.54, 1.807) is 0 Å². The topological polar surface area (TPSA) is 70.6 Å². The number of hydrogen-bond donors (Lipinski definition) is 3.